The predicted octanol–water partition coefficient (Wildman–Crippen LogP) is 2.68. The van der Waals surface area contributed by atoms with E-state index in [0.29, 0.717) is 11.3 Å². The Bertz CT molecular complexity index is 1070. The van der Waals surface area contributed by atoms with E-state index in [1.54, 1.807) is 12.1 Å². The van der Waals surface area contributed by atoms with Gasteiger partial charge in [-0.1, -0.05) is 6.08 Å². The maximum Gasteiger partial charge on any atom is 0.273 e. The number of nitrogens with one attached hydrogen (secondary N) is 1. The molecule has 0 saturated carbocycles. The number of non-ortho nitro benzene ring substituents is 1. The van der Waals surface area contributed by atoms with Crippen LogP contribution in [-0.2, 0) is 9.59 Å². The number of hydrogen-bond donors (Lipinski definition) is 1. The molecule has 0 atom stereocenters. The molecule has 2 aromatic rings. The molecule has 2 amide bonds. The maximum atomic E-state index is 12.6. The molecular weight excluding hydrogens is 398 g/mol. The fourth-order valence-electron chi connectivity index (χ4n) is 2.70. The normalized spacial score (nSPS) is 15.4. The Morgan fingerprint density at radius 3 is 2.76 bits per heavy atom. The monoisotopic (exact) mass is 413 g/mol. The molecule has 0 aliphatic carbocycles. The molecule has 1 aromatic heterocycles. The molecule has 3 rings (SSSR count). The van der Waals surface area contributed by atoms with Gasteiger partial charge in [0.1, 0.15) is 22.8 Å². The van der Waals surface area contributed by atoms with Gasteiger partial charge in [-0.15, -0.1) is 6.58 Å². The minimum Gasteiger partial charge on any atom is -0.496 e. The first-order valence-corrected chi connectivity index (χ1v) is 8.69. The lowest BCUT2D eigenvalue weighted by Gasteiger charge is -2.27. The Morgan fingerprint density at radius 2 is 2.10 bits per heavy atom. The van der Waals surface area contributed by atoms with Gasteiger partial charge in [0.05, 0.1) is 23.7 Å². The quantitative estimate of drug-likeness (QED) is 0.193. The molecule has 0 radical (unpaired) electrons. The van der Waals surface area contributed by atoms with Crippen molar-refractivity contribution in [3.05, 3.63) is 64.4 Å². The summed E-state index contributed by atoms with van der Waals surface area (Å²) < 4.78 is 10.9. The van der Waals surface area contributed by atoms with E-state index in [2.05, 4.69) is 11.9 Å². The zero-order valence-corrected chi connectivity index (χ0v) is 16.0. The van der Waals surface area contributed by atoms with Gasteiger partial charge in [0.2, 0.25) is 0 Å². The number of nitrogens with zero attached hydrogens (tertiary/aromatic N) is 2. The van der Waals surface area contributed by atoms with Gasteiger partial charge in [-0.25, -0.2) is 0 Å². The van der Waals surface area contributed by atoms with Crippen LogP contribution in [0.2, 0.25) is 0 Å². The minimum absolute atomic E-state index is 0.00722. The van der Waals surface area contributed by atoms with Crippen molar-refractivity contribution >= 4 is 40.9 Å². The van der Waals surface area contributed by atoms with Crippen LogP contribution in [0.15, 0.2) is 53.0 Å². The fourth-order valence-corrected chi connectivity index (χ4v) is 2.95. The minimum atomic E-state index is -0.633. The van der Waals surface area contributed by atoms with Gasteiger partial charge in [0.15, 0.2) is 5.11 Å². The first kappa shape index (κ1) is 20.0. The smallest absolute Gasteiger partial charge is 0.273 e. The van der Waals surface area contributed by atoms with E-state index in [9.17, 15) is 19.7 Å². The molecule has 29 heavy (non-hydrogen) atoms. The number of carbonyl (C=O) groups excluding carboxylic acids is 2. The molecular formula is C19H15N3O6S. The number of benzene rings is 1. The van der Waals surface area contributed by atoms with Crippen LogP contribution in [-0.4, -0.2) is 40.4 Å². The second-order valence-electron chi connectivity index (χ2n) is 5.87. The lowest BCUT2D eigenvalue weighted by Crippen LogP contribution is -2.53. The third-order valence-corrected chi connectivity index (χ3v) is 4.39. The summed E-state index contributed by atoms with van der Waals surface area (Å²) in [6.07, 6.45) is 2.79. The number of nitro benzene ring substituents is 1. The van der Waals surface area contributed by atoms with E-state index in [4.69, 9.17) is 21.4 Å². The van der Waals surface area contributed by atoms with E-state index < -0.39 is 16.7 Å². The number of ether oxygens (including phenoxy) is 1. The second kappa shape index (κ2) is 8.07. The molecule has 148 valence electrons. The van der Waals surface area contributed by atoms with Crippen molar-refractivity contribution in [1.82, 2.24) is 10.2 Å². The van der Waals surface area contributed by atoms with Gasteiger partial charge >= 0.3 is 0 Å². The Labute approximate surface area is 170 Å². The lowest BCUT2D eigenvalue weighted by atomic mass is 10.1. The van der Waals surface area contributed by atoms with Gasteiger partial charge in [-0.3, -0.25) is 29.9 Å². The molecule has 0 unspecified atom stereocenters. The van der Waals surface area contributed by atoms with Gasteiger partial charge in [0, 0.05) is 12.6 Å². The molecule has 2 heterocycles. The Kier molecular flexibility index (Phi) is 5.55. The zero-order valence-electron chi connectivity index (χ0n) is 15.2. The number of rotatable bonds is 6. The van der Waals surface area contributed by atoms with Crippen molar-refractivity contribution in [1.29, 1.82) is 0 Å². The highest BCUT2D eigenvalue weighted by molar-refractivity contribution is 7.80. The van der Waals surface area contributed by atoms with Crippen molar-refractivity contribution in [2.45, 2.75) is 0 Å². The SMILES string of the molecule is C=CCN1C(=O)C(=Cc2ccc(-c3ccc([N+](=O)[O-])cc3OC)o2)C(=O)NC1=S. The van der Waals surface area contributed by atoms with Gasteiger partial charge in [-0.05, 0) is 36.5 Å². The van der Waals surface area contributed by atoms with Crippen molar-refractivity contribution < 1.29 is 23.7 Å². The molecule has 1 aliphatic rings. The Morgan fingerprint density at radius 1 is 1.34 bits per heavy atom. The summed E-state index contributed by atoms with van der Waals surface area (Å²) in [5.41, 5.74) is 0.218. The van der Waals surface area contributed by atoms with E-state index >= 15 is 0 Å². The van der Waals surface area contributed by atoms with Crippen LogP contribution in [0.25, 0.3) is 17.4 Å². The van der Waals surface area contributed by atoms with Crippen molar-refractivity contribution in [2.24, 2.45) is 0 Å². The molecule has 1 saturated heterocycles. The van der Waals surface area contributed by atoms with Crippen LogP contribution in [0.1, 0.15) is 5.76 Å². The zero-order chi connectivity index (χ0) is 21.1. The average Bonchev–Trinajstić information content (AvgIpc) is 3.16. The van der Waals surface area contributed by atoms with E-state index in [-0.39, 0.29) is 34.4 Å². The summed E-state index contributed by atoms with van der Waals surface area (Å²) in [6, 6.07) is 7.27. The molecule has 9 nitrogen and oxygen atoms in total. The number of furan rings is 1. The molecule has 0 spiro atoms. The Hall–Kier alpha value is -3.79. The van der Waals surface area contributed by atoms with Crippen LogP contribution in [0.3, 0.4) is 0 Å². The fraction of sp³-hybridized carbons (Fsp3) is 0.105. The molecule has 0 bridgehead atoms. The van der Waals surface area contributed by atoms with Crippen LogP contribution in [0.4, 0.5) is 5.69 Å². The summed E-state index contributed by atoms with van der Waals surface area (Å²) in [6.45, 7) is 3.72. The highest BCUT2D eigenvalue weighted by Gasteiger charge is 2.33. The number of hydrogen-bond acceptors (Lipinski definition) is 7. The van der Waals surface area contributed by atoms with E-state index in [1.165, 1.54) is 42.4 Å². The van der Waals surface area contributed by atoms with E-state index in [1.807, 2.05) is 0 Å². The Balaban J connectivity index is 1.95. The summed E-state index contributed by atoms with van der Waals surface area (Å²) in [7, 11) is 1.39. The van der Waals surface area contributed by atoms with Gasteiger partial charge < -0.3 is 9.15 Å². The lowest BCUT2D eigenvalue weighted by molar-refractivity contribution is -0.384. The molecule has 10 heteroatoms. The van der Waals surface area contributed by atoms with Crippen LogP contribution < -0.4 is 10.1 Å². The first-order chi connectivity index (χ1) is 13.8. The first-order valence-electron chi connectivity index (χ1n) is 8.28. The van der Waals surface area contributed by atoms with Crippen LogP contribution in [0, 0.1) is 10.1 Å². The molecule has 1 aliphatic heterocycles. The van der Waals surface area contributed by atoms with Crippen molar-refractivity contribution in [3.8, 4) is 17.1 Å². The summed E-state index contributed by atoms with van der Waals surface area (Å²) in [4.78, 5) is 36.3. The third kappa shape index (κ3) is 3.92. The van der Waals surface area contributed by atoms with Crippen LogP contribution in [0.5, 0.6) is 5.75 Å². The van der Waals surface area contributed by atoms with Gasteiger partial charge in [0.25, 0.3) is 17.5 Å². The number of nitro groups is 1. The number of thiocarbonyl (C=S) groups is 1. The largest absolute Gasteiger partial charge is 0.496 e. The third-order valence-electron chi connectivity index (χ3n) is 4.07. The number of methoxy groups -OCH3 is 1. The van der Waals surface area contributed by atoms with Crippen molar-refractivity contribution in [3.63, 3.8) is 0 Å². The van der Waals surface area contributed by atoms with E-state index in [0.717, 1.165) is 0 Å². The molecule has 1 fully saturated rings. The predicted molar refractivity (Wildman–Crippen MR) is 108 cm³/mol. The maximum absolute atomic E-state index is 12.6. The number of carbonyl (C=O) groups is 2. The molecule has 1 aromatic carbocycles. The second-order valence-corrected chi connectivity index (χ2v) is 6.25. The van der Waals surface area contributed by atoms with Crippen molar-refractivity contribution in [2.75, 3.05) is 13.7 Å². The van der Waals surface area contributed by atoms with Crippen LogP contribution >= 0.6 is 12.2 Å². The summed E-state index contributed by atoms with van der Waals surface area (Å²) in [5.74, 6) is -0.353. The highest BCUT2D eigenvalue weighted by atomic mass is 32.1. The average molecular weight is 413 g/mol. The summed E-state index contributed by atoms with van der Waals surface area (Å²) in [5, 5.41) is 13.4. The number of amides is 2. The van der Waals surface area contributed by atoms with Gasteiger partial charge in [-0.2, -0.15) is 0 Å². The topological polar surface area (TPSA) is 115 Å². The summed E-state index contributed by atoms with van der Waals surface area (Å²) >= 11 is 5.00. The molecule has 1 N–H and O–H groups in total. The highest BCUT2D eigenvalue weighted by Crippen LogP contribution is 2.34. The standard InChI is InChI=1S/C19H15N3O6S/c1-3-8-21-18(24)14(17(23)20-19(21)29)10-12-5-7-15(28-12)13-6-4-11(22(25)26)9-16(13)27-2/h3-7,9-10H,1,8H2,2H3,(H,20,23,29).